The van der Waals surface area contributed by atoms with Gasteiger partial charge in [0.15, 0.2) is 0 Å². The molecule has 0 spiro atoms. The predicted molar refractivity (Wildman–Crippen MR) is 133 cm³/mol. The summed E-state index contributed by atoms with van der Waals surface area (Å²) in [6.07, 6.45) is 3.10. The van der Waals surface area contributed by atoms with E-state index in [1.165, 1.54) is 17.5 Å². The standard InChI is InChI=1S/C25H26ClFN4O3S/c1-34-17-4-5-22-19(13-17)23(20(26)15-29-22)21(27)6-7-25(24(32)30-33)8-11-31(12-9-25)10-2-3-18-14-28-16-35-18/h4-5,13-16,21,33H,6-12H2,1H3,(H,30,32). The molecule has 3 heterocycles. The molecule has 1 fully saturated rings. The summed E-state index contributed by atoms with van der Waals surface area (Å²) < 4.78 is 20.9. The smallest absolute Gasteiger partial charge is 0.249 e. The lowest BCUT2D eigenvalue weighted by Crippen LogP contribution is -2.48. The van der Waals surface area contributed by atoms with Crippen LogP contribution in [0.1, 0.15) is 42.3 Å². The van der Waals surface area contributed by atoms with Crippen molar-refractivity contribution in [3.63, 3.8) is 0 Å². The average Bonchev–Trinajstić information content (AvgIpc) is 3.40. The van der Waals surface area contributed by atoms with Gasteiger partial charge in [-0.1, -0.05) is 23.4 Å². The number of rotatable bonds is 7. The first kappa shape index (κ1) is 25.3. The SMILES string of the molecule is COc1ccc2ncc(Cl)c(C(F)CCC3(C(=O)NO)CCN(CC#Cc4cncs4)CC3)c2c1. The summed E-state index contributed by atoms with van der Waals surface area (Å²) in [4.78, 5) is 24.0. The van der Waals surface area contributed by atoms with Gasteiger partial charge in [0, 0.05) is 30.2 Å². The van der Waals surface area contributed by atoms with E-state index in [2.05, 4.69) is 26.7 Å². The molecular formula is C25H26ClFN4O3S. The molecule has 1 unspecified atom stereocenters. The van der Waals surface area contributed by atoms with Crippen molar-refractivity contribution < 1.29 is 19.1 Å². The van der Waals surface area contributed by atoms with Gasteiger partial charge in [0.2, 0.25) is 5.91 Å². The molecule has 2 N–H and O–H groups in total. The van der Waals surface area contributed by atoms with Crippen molar-refractivity contribution in [2.45, 2.75) is 31.9 Å². The van der Waals surface area contributed by atoms with Crippen molar-refractivity contribution in [2.75, 3.05) is 26.7 Å². The number of hydrogen-bond acceptors (Lipinski definition) is 7. The fraction of sp³-hybridized carbons (Fsp3) is 0.400. The number of aromatic nitrogens is 2. The summed E-state index contributed by atoms with van der Waals surface area (Å²) >= 11 is 7.85. The third-order valence-electron chi connectivity index (χ3n) is 6.60. The van der Waals surface area contributed by atoms with Gasteiger partial charge in [-0.25, -0.2) is 9.87 Å². The van der Waals surface area contributed by atoms with Crippen molar-refractivity contribution >= 4 is 39.7 Å². The Morgan fingerprint density at radius 1 is 1.40 bits per heavy atom. The van der Waals surface area contributed by atoms with E-state index in [-0.39, 0.29) is 17.9 Å². The minimum atomic E-state index is -1.41. The van der Waals surface area contributed by atoms with Crippen LogP contribution in [0, 0.1) is 17.3 Å². The summed E-state index contributed by atoms with van der Waals surface area (Å²) in [5.74, 6) is 6.32. The highest BCUT2D eigenvalue weighted by Crippen LogP contribution is 2.42. The number of carbonyl (C=O) groups is 1. The number of ether oxygens (including phenoxy) is 1. The molecule has 0 bridgehead atoms. The Morgan fingerprint density at radius 3 is 2.89 bits per heavy atom. The third kappa shape index (κ3) is 5.73. The van der Waals surface area contributed by atoms with Crippen LogP contribution < -0.4 is 10.2 Å². The van der Waals surface area contributed by atoms with E-state index in [0.717, 1.165) is 4.88 Å². The number of hydrogen-bond donors (Lipinski definition) is 2. The number of nitrogens with one attached hydrogen (secondary N) is 1. The fourth-order valence-electron chi connectivity index (χ4n) is 4.52. The zero-order valence-electron chi connectivity index (χ0n) is 19.3. The van der Waals surface area contributed by atoms with E-state index in [0.29, 0.717) is 54.7 Å². The zero-order valence-corrected chi connectivity index (χ0v) is 20.8. The van der Waals surface area contributed by atoms with Crippen LogP contribution in [0.2, 0.25) is 5.02 Å². The maximum atomic E-state index is 15.7. The molecule has 1 aromatic carbocycles. The molecule has 10 heteroatoms. The number of fused-ring (bicyclic) bond motifs is 1. The first-order chi connectivity index (χ1) is 17.0. The molecule has 7 nitrogen and oxygen atoms in total. The van der Waals surface area contributed by atoms with Crippen LogP contribution in [-0.2, 0) is 4.79 Å². The number of likely N-dealkylation sites (tertiary alicyclic amines) is 1. The molecule has 0 aliphatic carbocycles. The Labute approximate surface area is 212 Å². The zero-order chi connectivity index (χ0) is 24.8. The first-order valence-electron chi connectivity index (χ1n) is 11.3. The summed E-state index contributed by atoms with van der Waals surface area (Å²) in [7, 11) is 1.54. The number of amides is 1. The van der Waals surface area contributed by atoms with Gasteiger partial charge >= 0.3 is 0 Å². The van der Waals surface area contributed by atoms with Crippen molar-refractivity contribution in [2.24, 2.45) is 5.41 Å². The minimum absolute atomic E-state index is 0.0780. The lowest BCUT2D eigenvalue weighted by atomic mass is 9.73. The van der Waals surface area contributed by atoms with E-state index < -0.39 is 17.5 Å². The highest BCUT2D eigenvalue weighted by Gasteiger charge is 2.41. The third-order valence-corrected chi connectivity index (χ3v) is 7.59. The number of benzene rings is 1. The van der Waals surface area contributed by atoms with Gasteiger partial charge in [-0.3, -0.25) is 24.9 Å². The lowest BCUT2D eigenvalue weighted by molar-refractivity contribution is -0.143. The van der Waals surface area contributed by atoms with Gasteiger partial charge in [0.25, 0.3) is 0 Å². The van der Waals surface area contributed by atoms with Gasteiger partial charge in [0.05, 0.1) is 46.2 Å². The van der Waals surface area contributed by atoms with Crippen molar-refractivity contribution in [1.82, 2.24) is 20.3 Å². The van der Waals surface area contributed by atoms with Gasteiger partial charge in [-0.2, -0.15) is 0 Å². The summed E-state index contributed by atoms with van der Waals surface area (Å²) in [6, 6.07) is 5.24. The summed E-state index contributed by atoms with van der Waals surface area (Å²) in [5, 5.41) is 10.2. The molecule has 1 atom stereocenters. The maximum absolute atomic E-state index is 15.7. The van der Waals surface area contributed by atoms with E-state index >= 15 is 4.39 Å². The number of piperidine rings is 1. The van der Waals surface area contributed by atoms with Crippen LogP contribution >= 0.6 is 22.9 Å². The maximum Gasteiger partial charge on any atom is 0.249 e. The van der Waals surface area contributed by atoms with Crippen LogP contribution in [0.4, 0.5) is 4.39 Å². The Bertz CT molecular complexity index is 1240. The van der Waals surface area contributed by atoms with E-state index in [9.17, 15) is 10.0 Å². The number of carbonyl (C=O) groups excluding carboxylic acids is 1. The van der Waals surface area contributed by atoms with E-state index in [4.69, 9.17) is 16.3 Å². The van der Waals surface area contributed by atoms with Crippen LogP contribution in [0.5, 0.6) is 5.75 Å². The summed E-state index contributed by atoms with van der Waals surface area (Å²) in [6.45, 7) is 1.82. The van der Waals surface area contributed by atoms with E-state index in [1.54, 1.807) is 42.5 Å². The monoisotopic (exact) mass is 516 g/mol. The molecule has 1 aliphatic rings. The largest absolute Gasteiger partial charge is 0.497 e. The molecule has 3 aromatic rings. The Morgan fingerprint density at radius 2 is 2.20 bits per heavy atom. The van der Waals surface area contributed by atoms with Crippen molar-refractivity contribution in [1.29, 1.82) is 0 Å². The second kappa shape index (κ2) is 11.3. The molecule has 184 valence electrons. The molecule has 35 heavy (non-hydrogen) atoms. The lowest BCUT2D eigenvalue weighted by Gasteiger charge is -2.40. The number of hydroxylamine groups is 1. The minimum Gasteiger partial charge on any atom is -0.497 e. The van der Waals surface area contributed by atoms with E-state index in [1.807, 2.05) is 0 Å². The number of thiazole rings is 1. The number of alkyl halides is 1. The Hall–Kier alpha value is -2.77. The second-order valence-electron chi connectivity index (χ2n) is 8.57. The van der Waals surface area contributed by atoms with Crippen LogP contribution in [0.15, 0.2) is 36.1 Å². The van der Waals surface area contributed by atoms with Crippen LogP contribution in [0.3, 0.4) is 0 Å². The van der Waals surface area contributed by atoms with Crippen molar-refractivity contribution in [3.8, 4) is 17.6 Å². The average molecular weight is 517 g/mol. The number of methoxy groups -OCH3 is 1. The molecule has 1 saturated heterocycles. The molecule has 2 aromatic heterocycles. The van der Waals surface area contributed by atoms with Crippen LogP contribution in [-0.4, -0.2) is 52.7 Å². The number of nitrogens with zero attached hydrogens (tertiary/aromatic N) is 3. The van der Waals surface area contributed by atoms with Gasteiger partial charge in [0.1, 0.15) is 11.9 Å². The molecule has 1 aliphatic heterocycles. The molecular weight excluding hydrogens is 491 g/mol. The molecule has 1 amide bonds. The van der Waals surface area contributed by atoms with Gasteiger partial charge < -0.3 is 4.74 Å². The van der Waals surface area contributed by atoms with Crippen molar-refractivity contribution in [3.05, 3.63) is 51.6 Å². The molecule has 0 radical (unpaired) electrons. The van der Waals surface area contributed by atoms with Gasteiger partial charge in [-0.15, -0.1) is 11.3 Å². The molecule has 4 rings (SSSR count). The van der Waals surface area contributed by atoms with Crippen LogP contribution in [0.25, 0.3) is 10.9 Å². The Balaban J connectivity index is 1.46. The normalized spacial score (nSPS) is 16.3. The highest BCUT2D eigenvalue weighted by atomic mass is 35.5. The quantitative estimate of drug-likeness (QED) is 0.267. The molecule has 0 saturated carbocycles. The van der Waals surface area contributed by atoms with Gasteiger partial charge in [-0.05, 0) is 43.9 Å². The summed E-state index contributed by atoms with van der Waals surface area (Å²) in [5.41, 5.74) is 3.63. The topological polar surface area (TPSA) is 87.6 Å². The Kier molecular flexibility index (Phi) is 8.19. The predicted octanol–water partition coefficient (Wildman–Crippen LogP) is 4.78. The fourth-order valence-corrected chi connectivity index (χ4v) is 5.28. The second-order valence-corrected chi connectivity index (χ2v) is 9.87. The highest BCUT2D eigenvalue weighted by molar-refractivity contribution is 7.10. The number of halogens is 2. The first-order valence-corrected chi connectivity index (χ1v) is 12.5. The number of pyridine rings is 1.